The summed E-state index contributed by atoms with van der Waals surface area (Å²) in [5.74, 6) is 0.699. The minimum absolute atomic E-state index is 0.208. The molecule has 0 radical (unpaired) electrons. The van der Waals surface area contributed by atoms with Crippen molar-refractivity contribution >= 4 is 5.91 Å². The number of nitrogens with zero attached hydrogens (tertiary/aromatic N) is 3. The van der Waals surface area contributed by atoms with Crippen molar-refractivity contribution in [2.45, 2.75) is 38.1 Å². The zero-order chi connectivity index (χ0) is 21.8. The van der Waals surface area contributed by atoms with Crippen LogP contribution in [0.5, 0.6) is 5.75 Å². The van der Waals surface area contributed by atoms with Gasteiger partial charge in [-0.2, -0.15) is 0 Å². The highest BCUT2D eigenvalue weighted by Gasteiger charge is 2.46. The van der Waals surface area contributed by atoms with Gasteiger partial charge < -0.3 is 19.5 Å². The third-order valence-corrected chi connectivity index (χ3v) is 5.63. The molecule has 2 saturated heterocycles. The molecule has 9 heteroatoms. The molecule has 1 spiro atoms. The highest BCUT2D eigenvalue weighted by atomic mass is 19.1. The Morgan fingerprint density at radius 1 is 1.39 bits per heavy atom. The zero-order valence-corrected chi connectivity index (χ0v) is 17.8. The van der Waals surface area contributed by atoms with Gasteiger partial charge in [0.25, 0.3) is 0 Å². The summed E-state index contributed by atoms with van der Waals surface area (Å²) in [5, 5.41) is 2.83. The summed E-state index contributed by atoms with van der Waals surface area (Å²) in [7, 11) is 1.56. The fraction of sp³-hybridized carbons (Fsp3) is 0.500. The van der Waals surface area contributed by atoms with Gasteiger partial charge in [-0.3, -0.25) is 9.69 Å². The highest BCUT2D eigenvalue weighted by Crippen LogP contribution is 2.32. The van der Waals surface area contributed by atoms with Gasteiger partial charge in [-0.25, -0.2) is 14.4 Å². The lowest BCUT2D eigenvalue weighted by atomic mass is 9.97. The van der Waals surface area contributed by atoms with Gasteiger partial charge in [0.2, 0.25) is 5.91 Å². The van der Waals surface area contributed by atoms with Crippen LogP contribution in [0.1, 0.15) is 23.4 Å². The summed E-state index contributed by atoms with van der Waals surface area (Å²) in [6.45, 7) is 4.66. The maximum absolute atomic E-state index is 14.2. The number of aryl methyl sites for hydroxylation is 1. The molecule has 0 aliphatic carbocycles. The molecule has 2 aliphatic heterocycles. The normalized spacial score (nSPS) is 23.8. The molecule has 166 valence electrons. The Hall–Kier alpha value is -2.62. The molecular formula is C22H27FN4O4. The Kier molecular flexibility index (Phi) is 6.45. The van der Waals surface area contributed by atoms with E-state index in [1.165, 1.54) is 6.07 Å². The number of morpholine rings is 1. The van der Waals surface area contributed by atoms with Crippen molar-refractivity contribution in [3.63, 3.8) is 0 Å². The Labute approximate surface area is 180 Å². The monoisotopic (exact) mass is 430 g/mol. The van der Waals surface area contributed by atoms with E-state index in [1.807, 2.05) is 6.92 Å². The number of nitrogens with one attached hydrogen (secondary N) is 1. The Morgan fingerprint density at radius 3 is 2.97 bits per heavy atom. The van der Waals surface area contributed by atoms with Gasteiger partial charge >= 0.3 is 0 Å². The van der Waals surface area contributed by atoms with Crippen molar-refractivity contribution in [1.29, 1.82) is 0 Å². The SMILES string of the molecule is COc1ccc(F)c(CN2CCOC3(COC(C(=O)NCc4ncc(C)cn4)C3)C2)c1. The first kappa shape index (κ1) is 21.6. The van der Waals surface area contributed by atoms with Crippen LogP contribution in [-0.2, 0) is 27.4 Å². The van der Waals surface area contributed by atoms with E-state index in [2.05, 4.69) is 20.2 Å². The van der Waals surface area contributed by atoms with E-state index in [0.717, 1.165) is 5.56 Å². The predicted octanol–water partition coefficient (Wildman–Crippen LogP) is 1.61. The second kappa shape index (κ2) is 9.25. The summed E-state index contributed by atoms with van der Waals surface area (Å²) in [6, 6.07) is 4.74. The number of aromatic nitrogens is 2. The summed E-state index contributed by atoms with van der Waals surface area (Å²) in [6.07, 6.45) is 3.28. The number of amides is 1. The minimum atomic E-state index is -0.598. The number of rotatable bonds is 6. The zero-order valence-electron chi connectivity index (χ0n) is 17.8. The maximum Gasteiger partial charge on any atom is 0.249 e. The molecular weight excluding hydrogens is 403 g/mol. The quantitative estimate of drug-likeness (QED) is 0.745. The molecule has 1 amide bonds. The van der Waals surface area contributed by atoms with Crippen LogP contribution in [0.3, 0.4) is 0 Å². The number of hydrogen-bond acceptors (Lipinski definition) is 7. The van der Waals surface area contributed by atoms with Crippen molar-refractivity contribution in [3.05, 3.63) is 53.4 Å². The van der Waals surface area contributed by atoms with E-state index in [-0.39, 0.29) is 18.3 Å². The standard InChI is InChI=1S/C22H27FN4O4/c1-15-9-24-20(25-10-15)11-26-21(28)19-8-22(14-30-19)13-27(5-6-31-22)12-16-7-17(29-2)3-4-18(16)23/h3-4,7,9-10,19H,5-6,8,11-14H2,1-2H3,(H,26,28). The maximum atomic E-state index is 14.2. The molecule has 2 fully saturated rings. The van der Waals surface area contributed by atoms with Crippen LogP contribution in [-0.4, -0.2) is 65.9 Å². The lowest BCUT2D eigenvalue weighted by Gasteiger charge is -2.39. The number of benzene rings is 1. The van der Waals surface area contributed by atoms with Crippen molar-refractivity contribution in [2.75, 3.05) is 33.4 Å². The van der Waals surface area contributed by atoms with Gasteiger partial charge in [0.1, 0.15) is 29.1 Å². The number of hydrogen-bond donors (Lipinski definition) is 1. The average molecular weight is 430 g/mol. The van der Waals surface area contributed by atoms with Crippen LogP contribution in [0.2, 0.25) is 0 Å². The van der Waals surface area contributed by atoms with Gasteiger partial charge in [-0.05, 0) is 30.7 Å². The fourth-order valence-corrected chi connectivity index (χ4v) is 3.98. The molecule has 31 heavy (non-hydrogen) atoms. The van der Waals surface area contributed by atoms with Crippen molar-refractivity contribution < 1.29 is 23.4 Å². The Balaban J connectivity index is 1.33. The molecule has 0 bridgehead atoms. The first-order valence-corrected chi connectivity index (χ1v) is 10.3. The summed E-state index contributed by atoms with van der Waals surface area (Å²) < 4.78 is 31.3. The first-order valence-electron chi connectivity index (χ1n) is 10.3. The average Bonchev–Trinajstić information content (AvgIpc) is 3.18. The molecule has 2 aliphatic rings. The van der Waals surface area contributed by atoms with Gasteiger partial charge in [0, 0.05) is 44.0 Å². The number of carbonyl (C=O) groups is 1. The smallest absolute Gasteiger partial charge is 0.249 e. The number of ether oxygens (including phenoxy) is 3. The highest BCUT2D eigenvalue weighted by molar-refractivity contribution is 5.81. The third-order valence-electron chi connectivity index (χ3n) is 5.63. The second-order valence-corrected chi connectivity index (χ2v) is 8.10. The van der Waals surface area contributed by atoms with E-state index in [0.29, 0.717) is 56.4 Å². The predicted molar refractivity (Wildman–Crippen MR) is 110 cm³/mol. The summed E-state index contributed by atoms with van der Waals surface area (Å²) >= 11 is 0. The van der Waals surface area contributed by atoms with Crippen LogP contribution >= 0.6 is 0 Å². The van der Waals surface area contributed by atoms with Crippen LogP contribution in [0.4, 0.5) is 4.39 Å². The van der Waals surface area contributed by atoms with Crippen LogP contribution in [0.15, 0.2) is 30.6 Å². The van der Waals surface area contributed by atoms with E-state index in [9.17, 15) is 9.18 Å². The molecule has 8 nitrogen and oxygen atoms in total. The van der Waals surface area contributed by atoms with E-state index in [1.54, 1.807) is 31.6 Å². The lowest BCUT2D eigenvalue weighted by molar-refractivity contribution is -0.130. The molecule has 2 atom stereocenters. The molecule has 1 aromatic carbocycles. The second-order valence-electron chi connectivity index (χ2n) is 8.10. The Bertz CT molecular complexity index is 926. The number of methoxy groups -OCH3 is 1. The Morgan fingerprint density at radius 2 is 2.19 bits per heavy atom. The van der Waals surface area contributed by atoms with Gasteiger partial charge in [0.05, 0.1) is 26.9 Å². The fourth-order valence-electron chi connectivity index (χ4n) is 3.98. The number of carbonyl (C=O) groups excluding carboxylic acids is 1. The molecule has 2 aromatic rings. The number of halogens is 1. The van der Waals surface area contributed by atoms with E-state index in [4.69, 9.17) is 14.2 Å². The van der Waals surface area contributed by atoms with Crippen molar-refractivity contribution in [1.82, 2.24) is 20.2 Å². The summed E-state index contributed by atoms with van der Waals surface area (Å²) in [5.41, 5.74) is 0.961. The van der Waals surface area contributed by atoms with E-state index < -0.39 is 11.7 Å². The lowest BCUT2D eigenvalue weighted by Crippen LogP contribution is -2.52. The third kappa shape index (κ3) is 5.17. The topological polar surface area (TPSA) is 85.8 Å². The largest absolute Gasteiger partial charge is 0.497 e. The molecule has 3 heterocycles. The van der Waals surface area contributed by atoms with Crippen LogP contribution in [0.25, 0.3) is 0 Å². The first-order chi connectivity index (χ1) is 15.0. The molecule has 0 saturated carbocycles. The van der Waals surface area contributed by atoms with Crippen LogP contribution < -0.4 is 10.1 Å². The van der Waals surface area contributed by atoms with Crippen molar-refractivity contribution in [3.8, 4) is 5.75 Å². The van der Waals surface area contributed by atoms with Crippen molar-refractivity contribution in [2.24, 2.45) is 0 Å². The van der Waals surface area contributed by atoms with Gasteiger partial charge in [0.15, 0.2) is 0 Å². The molecule has 1 aromatic heterocycles. The van der Waals surface area contributed by atoms with Crippen LogP contribution in [0, 0.1) is 12.7 Å². The summed E-state index contributed by atoms with van der Waals surface area (Å²) in [4.78, 5) is 23.1. The molecule has 1 N–H and O–H groups in total. The van der Waals surface area contributed by atoms with E-state index >= 15 is 0 Å². The minimum Gasteiger partial charge on any atom is -0.497 e. The molecule has 4 rings (SSSR count). The van der Waals surface area contributed by atoms with Gasteiger partial charge in [-0.1, -0.05) is 0 Å². The molecule has 2 unspecified atom stereocenters. The van der Waals surface area contributed by atoms with Gasteiger partial charge in [-0.15, -0.1) is 0 Å².